The smallest absolute Gasteiger partial charge is 0.222 e. The van der Waals surface area contributed by atoms with Gasteiger partial charge in [0, 0.05) is 49.4 Å². The highest BCUT2D eigenvalue weighted by Gasteiger charge is 2.23. The standard InChI is InChI=1S/C22H33N5O2/c1-16(28)17-7-4-8-18(15-17)25-22(26-20-10-3-2-9-19(20)23)24-12-6-14-27-13-5-11-21(27)29/h4,7-8,15,19-20H,2-3,5-6,9-14,23H2,1H3,(H2,24,25,26)/t19-,20-/m0/s1. The Kier molecular flexibility index (Phi) is 7.63. The lowest BCUT2D eigenvalue weighted by atomic mass is 9.91. The van der Waals surface area contributed by atoms with E-state index in [0.29, 0.717) is 24.5 Å². The van der Waals surface area contributed by atoms with E-state index in [9.17, 15) is 9.59 Å². The molecule has 0 aromatic heterocycles. The molecule has 1 aromatic rings. The monoisotopic (exact) mass is 399 g/mol. The number of likely N-dealkylation sites (tertiary alicyclic amines) is 1. The zero-order valence-corrected chi connectivity index (χ0v) is 17.3. The number of rotatable bonds is 7. The molecule has 1 amide bonds. The molecule has 0 spiro atoms. The number of benzene rings is 1. The summed E-state index contributed by atoms with van der Waals surface area (Å²) in [5.74, 6) is 0.963. The van der Waals surface area contributed by atoms with Gasteiger partial charge in [-0.2, -0.15) is 0 Å². The fourth-order valence-electron chi connectivity index (χ4n) is 3.98. The van der Waals surface area contributed by atoms with Gasteiger partial charge >= 0.3 is 0 Å². The molecule has 0 unspecified atom stereocenters. The number of Topliss-reactive ketones (excluding diaryl/α,β-unsaturated/α-hetero) is 1. The number of hydrogen-bond acceptors (Lipinski definition) is 4. The van der Waals surface area contributed by atoms with Crippen LogP contribution in [0.2, 0.25) is 0 Å². The summed E-state index contributed by atoms with van der Waals surface area (Å²) in [5.41, 5.74) is 7.79. The van der Waals surface area contributed by atoms with Crippen LogP contribution < -0.4 is 16.4 Å². The molecule has 1 aromatic carbocycles. The van der Waals surface area contributed by atoms with Crippen molar-refractivity contribution in [1.82, 2.24) is 10.2 Å². The van der Waals surface area contributed by atoms with Crippen LogP contribution in [0, 0.1) is 0 Å². The maximum Gasteiger partial charge on any atom is 0.222 e. The molecule has 3 rings (SSSR count). The predicted octanol–water partition coefficient (Wildman–Crippen LogP) is 2.53. The highest BCUT2D eigenvalue weighted by atomic mass is 16.2. The number of nitrogens with zero attached hydrogens (tertiary/aromatic N) is 2. The van der Waals surface area contributed by atoms with E-state index in [-0.39, 0.29) is 23.8 Å². The maximum absolute atomic E-state index is 11.8. The minimum absolute atomic E-state index is 0.0321. The molecule has 4 N–H and O–H groups in total. The molecule has 1 aliphatic carbocycles. The average molecular weight is 400 g/mol. The number of aliphatic imine (C=N–C) groups is 1. The Labute approximate surface area is 173 Å². The molecule has 0 radical (unpaired) electrons. The quantitative estimate of drug-likeness (QED) is 0.283. The van der Waals surface area contributed by atoms with E-state index in [1.54, 1.807) is 6.92 Å². The summed E-state index contributed by atoms with van der Waals surface area (Å²) in [7, 11) is 0. The lowest BCUT2D eigenvalue weighted by molar-refractivity contribution is -0.127. The number of amides is 1. The first kappa shape index (κ1) is 21.3. The summed E-state index contributed by atoms with van der Waals surface area (Å²) >= 11 is 0. The number of guanidine groups is 1. The van der Waals surface area contributed by atoms with Gasteiger partial charge in [-0.15, -0.1) is 0 Å². The minimum Gasteiger partial charge on any atom is -0.352 e. The van der Waals surface area contributed by atoms with Gasteiger partial charge in [-0.3, -0.25) is 14.6 Å². The highest BCUT2D eigenvalue weighted by Crippen LogP contribution is 2.18. The number of ketones is 1. The third-order valence-corrected chi connectivity index (χ3v) is 5.70. The van der Waals surface area contributed by atoms with Crippen molar-refractivity contribution in [3.63, 3.8) is 0 Å². The Balaban J connectivity index is 1.64. The normalized spacial score (nSPS) is 22.6. The van der Waals surface area contributed by atoms with Crippen LogP contribution in [0.5, 0.6) is 0 Å². The van der Waals surface area contributed by atoms with E-state index < -0.39 is 0 Å². The van der Waals surface area contributed by atoms with E-state index in [2.05, 4.69) is 10.6 Å². The van der Waals surface area contributed by atoms with Gasteiger partial charge in [0.25, 0.3) is 0 Å². The lowest BCUT2D eigenvalue weighted by Crippen LogP contribution is -2.51. The summed E-state index contributed by atoms with van der Waals surface area (Å²) in [5, 5.41) is 6.82. The van der Waals surface area contributed by atoms with Crippen molar-refractivity contribution in [1.29, 1.82) is 0 Å². The van der Waals surface area contributed by atoms with E-state index in [4.69, 9.17) is 10.7 Å². The number of hydrogen-bond donors (Lipinski definition) is 3. The topological polar surface area (TPSA) is 99.8 Å². The molecular weight excluding hydrogens is 366 g/mol. The second-order valence-electron chi connectivity index (χ2n) is 8.03. The van der Waals surface area contributed by atoms with Crippen molar-refractivity contribution in [3.05, 3.63) is 29.8 Å². The van der Waals surface area contributed by atoms with Gasteiger partial charge in [0.1, 0.15) is 0 Å². The number of carbonyl (C=O) groups excluding carboxylic acids is 2. The predicted molar refractivity (Wildman–Crippen MR) is 116 cm³/mol. The van der Waals surface area contributed by atoms with Gasteiger partial charge in [-0.25, -0.2) is 0 Å². The van der Waals surface area contributed by atoms with Gasteiger partial charge < -0.3 is 21.3 Å². The molecule has 158 valence electrons. The Morgan fingerprint density at radius 3 is 2.83 bits per heavy atom. The Morgan fingerprint density at radius 2 is 2.10 bits per heavy atom. The maximum atomic E-state index is 11.8. The largest absolute Gasteiger partial charge is 0.352 e. The Hall–Kier alpha value is -2.41. The van der Waals surface area contributed by atoms with E-state index in [1.807, 2.05) is 29.2 Å². The number of carbonyl (C=O) groups is 2. The first-order valence-corrected chi connectivity index (χ1v) is 10.8. The molecule has 1 saturated heterocycles. The van der Waals surface area contributed by atoms with Gasteiger partial charge in [-0.1, -0.05) is 25.0 Å². The van der Waals surface area contributed by atoms with Crippen molar-refractivity contribution in [2.45, 2.75) is 64.0 Å². The van der Waals surface area contributed by atoms with Crippen LogP contribution in [0.4, 0.5) is 5.69 Å². The average Bonchev–Trinajstić information content (AvgIpc) is 3.12. The third kappa shape index (κ3) is 6.29. The van der Waals surface area contributed by atoms with Crippen molar-refractivity contribution in [2.75, 3.05) is 25.0 Å². The van der Waals surface area contributed by atoms with Crippen molar-refractivity contribution < 1.29 is 9.59 Å². The molecule has 0 bridgehead atoms. The van der Waals surface area contributed by atoms with Crippen LogP contribution in [-0.4, -0.2) is 54.3 Å². The summed E-state index contributed by atoms with van der Waals surface area (Å²) in [4.78, 5) is 30.1. The first-order valence-electron chi connectivity index (χ1n) is 10.8. The summed E-state index contributed by atoms with van der Waals surface area (Å²) in [6.07, 6.45) is 6.83. The Bertz CT molecular complexity index is 748. The molecule has 7 nitrogen and oxygen atoms in total. The second kappa shape index (κ2) is 10.4. The zero-order chi connectivity index (χ0) is 20.6. The third-order valence-electron chi connectivity index (χ3n) is 5.70. The molecule has 2 fully saturated rings. The zero-order valence-electron chi connectivity index (χ0n) is 17.3. The molecule has 1 aliphatic heterocycles. The van der Waals surface area contributed by atoms with Gasteiger partial charge in [0.15, 0.2) is 11.7 Å². The molecule has 2 aliphatic rings. The van der Waals surface area contributed by atoms with Crippen molar-refractivity contribution >= 4 is 23.3 Å². The van der Waals surface area contributed by atoms with E-state index in [0.717, 1.165) is 50.9 Å². The summed E-state index contributed by atoms with van der Waals surface area (Å²) in [6.45, 7) is 3.79. The van der Waals surface area contributed by atoms with Crippen LogP contribution in [0.25, 0.3) is 0 Å². The Morgan fingerprint density at radius 1 is 1.28 bits per heavy atom. The molecule has 2 atom stereocenters. The van der Waals surface area contributed by atoms with Crippen LogP contribution in [0.3, 0.4) is 0 Å². The number of nitrogens with two attached hydrogens (primary N) is 1. The van der Waals surface area contributed by atoms with Crippen LogP contribution in [-0.2, 0) is 4.79 Å². The fourth-order valence-corrected chi connectivity index (χ4v) is 3.98. The summed E-state index contributed by atoms with van der Waals surface area (Å²) in [6, 6.07) is 7.73. The van der Waals surface area contributed by atoms with E-state index in [1.165, 1.54) is 6.42 Å². The number of anilines is 1. The minimum atomic E-state index is 0.0321. The van der Waals surface area contributed by atoms with Crippen LogP contribution >= 0.6 is 0 Å². The van der Waals surface area contributed by atoms with Crippen LogP contribution in [0.1, 0.15) is 62.2 Å². The van der Waals surface area contributed by atoms with Crippen molar-refractivity contribution in [2.24, 2.45) is 10.7 Å². The molecule has 1 saturated carbocycles. The SMILES string of the molecule is CC(=O)c1cccc(NC(=NCCCN2CCCC2=O)N[C@H]2CCCC[C@@H]2N)c1. The van der Waals surface area contributed by atoms with Crippen LogP contribution in [0.15, 0.2) is 29.3 Å². The summed E-state index contributed by atoms with van der Waals surface area (Å²) < 4.78 is 0. The van der Waals surface area contributed by atoms with Gasteiger partial charge in [-0.05, 0) is 44.7 Å². The molecular formula is C22H33N5O2. The van der Waals surface area contributed by atoms with E-state index >= 15 is 0 Å². The molecule has 29 heavy (non-hydrogen) atoms. The molecule has 7 heteroatoms. The van der Waals surface area contributed by atoms with Gasteiger partial charge in [0.2, 0.25) is 5.91 Å². The van der Waals surface area contributed by atoms with Gasteiger partial charge in [0.05, 0.1) is 0 Å². The first-order chi connectivity index (χ1) is 14.0. The highest BCUT2D eigenvalue weighted by molar-refractivity contribution is 5.98. The number of nitrogens with one attached hydrogen (secondary N) is 2. The second-order valence-corrected chi connectivity index (χ2v) is 8.03. The lowest BCUT2D eigenvalue weighted by Gasteiger charge is -2.30. The fraction of sp³-hybridized carbons (Fsp3) is 0.591. The molecule has 1 heterocycles. The van der Waals surface area contributed by atoms with Crippen molar-refractivity contribution in [3.8, 4) is 0 Å².